The van der Waals surface area contributed by atoms with Gasteiger partial charge in [-0.25, -0.2) is 4.98 Å². The van der Waals surface area contributed by atoms with E-state index in [4.69, 9.17) is 9.15 Å². The number of benzene rings is 1. The van der Waals surface area contributed by atoms with Gasteiger partial charge in [-0.1, -0.05) is 30.3 Å². The second-order valence-electron chi connectivity index (χ2n) is 7.17. The fourth-order valence-corrected chi connectivity index (χ4v) is 3.07. The van der Waals surface area contributed by atoms with E-state index >= 15 is 0 Å². The Morgan fingerprint density at radius 2 is 1.96 bits per heavy atom. The zero-order valence-electron chi connectivity index (χ0n) is 15.5. The molecule has 0 aliphatic carbocycles. The third-order valence-corrected chi connectivity index (χ3v) is 4.76. The van der Waals surface area contributed by atoms with E-state index in [1.807, 2.05) is 30.3 Å². The summed E-state index contributed by atoms with van der Waals surface area (Å²) < 4.78 is 11.1. The normalized spacial score (nSPS) is 15.8. The van der Waals surface area contributed by atoms with Crippen LogP contribution in [0, 0.1) is 0 Å². The minimum absolute atomic E-state index is 0.0193. The number of hydrogen-bond acceptors (Lipinski definition) is 5. The molecule has 26 heavy (non-hydrogen) atoms. The van der Waals surface area contributed by atoms with Gasteiger partial charge in [0.1, 0.15) is 0 Å². The van der Waals surface area contributed by atoms with Gasteiger partial charge in [-0.2, -0.15) is 0 Å². The molecular formula is C20H27N3O3. The predicted molar refractivity (Wildman–Crippen MR) is 99.7 cm³/mol. The maximum Gasteiger partial charge on any atom is 0.220 e. The molecule has 0 spiro atoms. The molecule has 0 bridgehead atoms. The topological polar surface area (TPSA) is 67.6 Å². The molecule has 1 aliphatic rings. The van der Waals surface area contributed by atoms with Crippen LogP contribution in [0.3, 0.4) is 0 Å². The highest BCUT2D eigenvalue weighted by atomic mass is 16.5. The molecule has 0 radical (unpaired) electrons. The first-order valence-electron chi connectivity index (χ1n) is 9.14. The van der Waals surface area contributed by atoms with Crippen LogP contribution in [-0.2, 0) is 16.0 Å². The zero-order chi connectivity index (χ0) is 18.4. The molecule has 1 saturated heterocycles. The molecule has 1 aliphatic heterocycles. The molecule has 6 heteroatoms. The molecule has 1 amide bonds. The SMILES string of the molecule is CC(C)(CNC(=O)CCc1ncc(-c2ccccc2)o1)N1CCOCC1. The number of nitrogens with zero attached hydrogens (tertiary/aromatic N) is 2. The Kier molecular flexibility index (Phi) is 6.06. The van der Waals surface area contributed by atoms with Crippen molar-refractivity contribution >= 4 is 5.91 Å². The standard InChI is InChI=1S/C20H27N3O3/c1-20(2,23-10-12-25-13-11-23)15-22-18(24)8-9-19-21-14-17(26-19)16-6-4-3-5-7-16/h3-7,14H,8-13,15H2,1-2H3,(H,22,24). The smallest absolute Gasteiger partial charge is 0.220 e. The monoisotopic (exact) mass is 357 g/mol. The zero-order valence-corrected chi connectivity index (χ0v) is 15.5. The van der Waals surface area contributed by atoms with Gasteiger partial charge in [-0.15, -0.1) is 0 Å². The summed E-state index contributed by atoms with van der Waals surface area (Å²) in [4.78, 5) is 18.8. The highest BCUT2D eigenvalue weighted by molar-refractivity contribution is 5.76. The third kappa shape index (κ3) is 4.93. The molecule has 6 nitrogen and oxygen atoms in total. The summed E-state index contributed by atoms with van der Waals surface area (Å²) in [5.41, 5.74) is 0.908. The van der Waals surface area contributed by atoms with E-state index in [0.29, 0.717) is 25.3 Å². The molecule has 3 rings (SSSR count). The molecule has 1 N–H and O–H groups in total. The van der Waals surface area contributed by atoms with Crippen molar-refractivity contribution in [1.82, 2.24) is 15.2 Å². The van der Waals surface area contributed by atoms with E-state index in [-0.39, 0.29) is 11.4 Å². The maximum absolute atomic E-state index is 12.2. The number of aromatic nitrogens is 1. The third-order valence-electron chi connectivity index (χ3n) is 4.76. The summed E-state index contributed by atoms with van der Waals surface area (Å²) >= 11 is 0. The van der Waals surface area contributed by atoms with Crippen molar-refractivity contribution in [3.63, 3.8) is 0 Å². The number of aryl methyl sites for hydroxylation is 1. The second-order valence-corrected chi connectivity index (χ2v) is 7.17. The van der Waals surface area contributed by atoms with Gasteiger partial charge in [0.15, 0.2) is 11.7 Å². The van der Waals surface area contributed by atoms with Crippen LogP contribution >= 0.6 is 0 Å². The average molecular weight is 357 g/mol. The first-order chi connectivity index (χ1) is 12.5. The average Bonchev–Trinajstić information content (AvgIpc) is 3.15. The molecule has 2 aromatic rings. The van der Waals surface area contributed by atoms with Crippen LogP contribution in [0.25, 0.3) is 11.3 Å². The van der Waals surface area contributed by atoms with Crippen molar-refractivity contribution in [3.05, 3.63) is 42.4 Å². The molecule has 1 aromatic carbocycles. The van der Waals surface area contributed by atoms with Gasteiger partial charge in [0.25, 0.3) is 0 Å². The van der Waals surface area contributed by atoms with Gasteiger partial charge in [0.2, 0.25) is 5.91 Å². The largest absolute Gasteiger partial charge is 0.441 e. The van der Waals surface area contributed by atoms with Crippen LogP contribution in [0.1, 0.15) is 26.2 Å². The maximum atomic E-state index is 12.2. The Balaban J connectivity index is 1.45. The highest BCUT2D eigenvalue weighted by Crippen LogP contribution is 2.20. The van der Waals surface area contributed by atoms with Crippen molar-refractivity contribution in [2.75, 3.05) is 32.8 Å². The first kappa shape index (κ1) is 18.6. The van der Waals surface area contributed by atoms with E-state index in [1.54, 1.807) is 6.20 Å². The van der Waals surface area contributed by atoms with Gasteiger partial charge < -0.3 is 14.5 Å². The van der Waals surface area contributed by atoms with Crippen molar-refractivity contribution in [1.29, 1.82) is 0 Å². The van der Waals surface area contributed by atoms with E-state index in [9.17, 15) is 4.79 Å². The van der Waals surface area contributed by atoms with Gasteiger partial charge in [-0.3, -0.25) is 9.69 Å². The number of ether oxygens (including phenoxy) is 1. The minimum atomic E-state index is -0.0805. The molecule has 1 aromatic heterocycles. The summed E-state index contributed by atoms with van der Waals surface area (Å²) in [5, 5.41) is 3.04. The summed E-state index contributed by atoms with van der Waals surface area (Å²) in [6, 6.07) is 9.83. The Morgan fingerprint density at radius 1 is 1.23 bits per heavy atom. The number of rotatable bonds is 7. The number of oxazole rings is 1. The molecule has 0 atom stereocenters. The summed E-state index contributed by atoms with van der Waals surface area (Å²) in [5.74, 6) is 1.34. The number of amides is 1. The fourth-order valence-electron chi connectivity index (χ4n) is 3.07. The highest BCUT2D eigenvalue weighted by Gasteiger charge is 2.28. The number of morpholine rings is 1. The lowest BCUT2D eigenvalue weighted by Crippen LogP contribution is -2.55. The summed E-state index contributed by atoms with van der Waals surface area (Å²) in [7, 11) is 0. The number of carbonyl (C=O) groups excluding carboxylic acids is 1. The fraction of sp³-hybridized carbons (Fsp3) is 0.500. The predicted octanol–water partition coefficient (Wildman–Crippen LogP) is 2.50. The van der Waals surface area contributed by atoms with Gasteiger partial charge in [0.05, 0.1) is 19.4 Å². The molecule has 1 fully saturated rings. The number of hydrogen-bond donors (Lipinski definition) is 1. The number of carbonyl (C=O) groups is 1. The van der Waals surface area contributed by atoms with Crippen LogP contribution in [0.5, 0.6) is 0 Å². The van der Waals surface area contributed by atoms with Gasteiger partial charge in [0, 0.05) is 43.6 Å². The lowest BCUT2D eigenvalue weighted by molar-refractivity contribution is -0.121. The molecule has 140 valence electrons. The van der Waals surface area contributed by atoms with Crippen LogP contribution < -0.4 is 5.32 Å². The van der Waals surface area contributed by atoms with E-state index in [1.165, 1.54) is 0 Å². The van der Waals surface area contributed by atoms with E-state index in [2.05, 4.69) is 29.0 Å². The lowest BCUT2D eigenvalue weighted by Gasteiger charge is -2.40. The molecular weight excluding hydrogens is 330 g/mol. The molecule has 0 saturated carbocycles. The van der Waals surface area contributed by atoms with Crippen molar-refractivity contribution in [2.24, 2.45) is 0 Å². The van der Waals surface area contributed by atoms with Crippen LogP contribution in [0.2, 0.25) is 0 Å². The molecule has 0 unspecified atom stereocenters. The summed E-state index contributed by atoms with van der Waals surface area (Å²) in [6.07, 6.45) is 2.58. The Labute approximate surface area is 154 Å². The van der Waals surface area contributed by atoms with Crippen molar-refractivity contribution in [2.45, 2.75) is 32.2 Å². The van der Waals surface area contributed by atoms with Crippen LogP contribution in [0.15, 0.2) is 40.9 Å². The quantitative estimate of drug-likeness (QED) is 0.825. The van der Waals surface area contributed by atoms with Crippen molar-refractivity contribution < 1.29 is 13.9 Å². The Bertz CT molecular complexity index is 706. The van der Waals surface area contributed by atoms with E-state index in [0.717, 1.165) is 37.6 Å². The summed E-state index contributed by atoms with van der Waals surface area (Å²) in [6.45, 7) is 8.24. The van der Waals surface area contributed by atoms with Gasteiger partial charge >= 0.3 is 0 Å². The lowest BCUT2D eigenvalue weighted by atomic mass is 10.0. The second kappa shape index (κ2) is 8.47. The Morgan fingerprint density at radius 3 is 2.69 bits per heavy atom. The van der Waals surface area contributed by atoms with Crippen LogP contribution in [0.4, 0.5) is 0 Å². The van der Waals surface area contributed by atoms with Crippen molar-refractivity contribution in [3.8, 4) is 11.3 Å². The first-order valence-corrected chi connectivity index (χ1v) is 9.14. The van der Waals surface area contributed by atoms with Crippen LogP contribution in [-0.4, -0.2) is 54.2 Å². The number of nitrogens with one attached hydrogen (secondary N) is 1. The minimum Gasteiger partial charge on any atom is -0.441 e. The Hall–Kier alpha value is -2.18. The molecule has 2 heterocycles. The van der Waals surface area contributed by atoms with Gasteiger partial charge in [-0.05, 0) is 13.8 Å². The van der Waals surface area contributed by atoms with E-state index < -0.39 is 0 Å².